The Morgan fingerprint density at radius 1 is 0.886 bits per heavy atom. The molecule has 35 heavy (non-hydrogen) atoms. The molecule has 0 bridgehead atoms. The number of allylic oxidation sites excluding steroid dienone is 5. The Bertz CT molecular complexity index is 965. The van der Waals surface area contributed by atoms with Crippen molar-refractivity contribution in [2.24, 2.45) is 5.92 Å². The second-order valence-corrected chi connectivity index (χ2v) is 9.56. The molecule has 2 aliphatic rings. The second-order valence-electron chi connectivity index (χ2n) is 9.56. The molecule has 192 valence electrons. The summed E-state index contributed by atoms with van der Waals surface area (Å²) in [6.45, 7) is 8.80. The summed E-state index contributed by atoms with van der Waals surface area (Å²) in [6.07, 6.45) is 9.71. The van der Waals surface area contributed by atoms with Crippen LogP contribution in [0.3, 0.4) is 0 Å². The van der Waals surface area contributed by atoms with Gasteiger partial charge in [0.1, 0.15) is 0 Å². The van der Waals surface area contributed by atoms with E-state index in [1.54, 1.807) is 26.2 Å². The lowest BCUT2D eigenvalue weighted by molar-refractivity contribution is 0.0655. The first-order valence-corrected chi connectivity index (χ1v) is 12.5. The largest absolute Gasteiger partial charge is 0.491 e. The van der Waals surface area contributed by atoms with Crippen molar-refractivity contribution >= 4 is 0 Å². The molecule has 1 aromatic carbocycles. The minimum atomic E-state index is -1.15. The fraction of sp³-hybridized carbons (Fsp3) is 0.517. The van der Waals surface area contributed by atoms with Gasteiger partial charge < -0.3 is 9.47 Å². The summed E-state index contributed by atoms with van der Waals surface area (Å²) in [7, 11) is 1.69. The Balaban J connectivity index is 1.59. The third-order valence-electron chi connectivity index (χ3n) is 7.41. The maximum Gasteiger partial charge on any atom is 0.200 e. The van der Waals surface area contributed by atoms with Crippen LogP contribution in [0.2, 0.25) is 0 Å². The highest BCUT2D eigenvalue weighted by molar-refractivity contribution is 5.39. The molecule has 0 radical (unpaired) electrons. The zero-order valence-electron chi connectivity index (χ0n) is 20.7. The third kappa shape index (κ3) is 6.66. The summed E-state index contributed by atoms with van der Waals surface area (Å²) in [5.74, 6) is -3.93. The van der Waals surface area contributed by atoms with Crippen molar-refractivity contribution in [2.75, 3.05) is 13.7 Å². The fourth-order valence-corrected chi connectivity index (χ4v) is 5.27. The molecule has 0 amide bonds. The van der Waals surface area contributed by atoms with Gasteiger partial charge in [-0.15, -0.1) is 0 Å². The number of hydrogen-bond donors (Lipinski definition) is 0. The minimum absolute atomic E-state index is 0.0314. The number of hydrogen-bond acceptors (Lipinski definition) is 2. The van der Waals surface area contributed by atoms with Gasteiger partial charge in [0.2, 0.25) is 5.83 Å². The second kappa shape index (κ2) is 12.6. The van der Waals surface area contributed by atoms with Crippen molar-refractivity contribution in [2.45, 2.75) is 76.2 Å². The van der Waals surface area contributed by atoms with E-state index < -0.39 is 23.3 Å². The van der Waals surface area contributed by atoms with Crippen molar-refractivity contribution in [3.8, 4) is 0 Å². The Kier molecular flexibility index (Phi) is 9.79. The first kappa shape index (κ1) is 27.3. The van der Waals surface area contributed by atoms with Gasteiger partial charge in [-0.3, -0.25) is 0 Å². The quantitative estimate of drug-likeness (QED) is 0.195. The number of rotatable bonds is 9. The van der Waals surface area contributed by atoms with E-state index >= 15 is 8.78 Å². The van der Waals surface area contributed by atoms with Gasteiger partial charge in [0.05, 0.1) is 12.7 Å². The van der Waals surface area contributed by atoms with Crippen LogP contribution in [0.5, 0.6) is 0 Å². The van der Waals surface area contributed by atoms with Crippen LogP contribution in [0.15, 0.2) is 60.4 Å². The summed E-state index contributed by atoms with van der Waals surface area (Å²) < 4.78 is 68.6. The van der Waals surface area contributed by atoms with Gasteiger partial charge >= 0.3 is 0 Å². The molecule has 0 spiro atoms. The van der Waals surface area contributed by atoms with E-state index in [1.807, 2.05) is 6.08 Å². The zero-order valence-corrected chi connectivity index (χ0v) is 20.7. The molecule has 0 aromatic heterocycles. The standard InChI is InChI=1S/C29H36F4O2/c1-5-35-19(3)27(31)26(30)18(2)6-7-20-8-10-21(11-9-20)24-16-17-25(29(33)28(24)32)22-12-14-23(34-4)15-13-22/h6-7,16-17,20-23H,2-3,5,8-15H2,1,4H3/b7-6+,27-26-. The molecule has 0 aliphatic heterocycles. The van der Waals surface area contributed by atoms with Crippen molar-refractivity contribution in [3.05, 3.63) is 83.2 Å². The lowest BCUT2D eigenvalue weighted by Gasteiger charge is -2.30. The van der Waals surface area contributed by atoms with Gasteiger partial charge in [-0.1, -0.05) is 37.4 Å². The summed E-state index contributed by atoms with van der Waals surface area (Å²) in [4.78, 5) is 0. The topological polar surface area (TPSA) is 18.5 Å². The molecular weight excluding hydrogens is 456 g/mol. The van der Waals surface area contributed by atoms with Crippen molar-refractivity contribution < 1.29 is 27.0 Å². The SMILES string of the molecule is C=C(/C=C/C1CCC(c2ccc(C3CCC(OC)CC3)c(F)c2F)CC1)/C(F)=C(/F)C(=C)OCC. The highest BCUT2D eigenvalue weighted by Crippen LogP contribution is 2.41. The molecule has 0 N–H and O–H groups in total. The van der Waals surface area contributed by atoms with E-state index in [-0.39, 0.29) is 41.8 Å². The molecule has 0 unspecified atom stereocenters. The van der Waals surface area contributed by atoms with Crippen LogP contribution in [0.25, 0.3) is 0 Å². The lowest BCUT2D eigenvalue weighted by atomic mass is 9.77. The van der Waals surface area contributed by atoms with Crippen LogP contribution in [-0.2, 0) is 9.47 Å². The molecule has 0 heterocycles. The Labute approximate surface area is 206 Å². The van der Waals surface area contributed by atoms with E-state index in [0.717, 1.165) is 38.5 Å². The van der Waals surface area contributed by atoms with Crippen LogP contribution < -0.4 is 0 Å². The van der Waals surface area contributed by atoms with Crippen LogP contribution in [0, 0.1) is 17.6 Å². The van der Waals surface area contributed by atoms with E-state index in [9.17, 15) is 8.78 Å². The summed E-state index contributed by atoms with van der Waals surface area (Å²) in [5.41, 5.74) is 0.827. The third-order valence-corrected chi connectivity index (χ3v) is 7.41. The van der Waals surface area contributed by atoms with E-state index in [4.69, 9.17) is 9.47 Å². The van der Waals surface area contributed by atoms with Crippen molar-refractivity contribution in [3.63, 3.8) is 0 Å². The molecule has 3 rings (SSSR count). The fourth-order valence-electron chi connectivity index (χ4n) is 5.27. The van der Waals surface area contributed by atoms with Crippen molar-refractivity contribution in [1.82, 2.24) is 0 Å². The molecule has 2 fully saturated rings. The molecule has 2 aliphatic carbocycles. The first-order valence-electron chi connectivity index (χ1n) is 12.5. The van der Waals surface area contributed by atoms with Crippen molar-refractivity contribution in [1.29, 1.82) is 0 Å². The molecule has 0 saturated heterocycles. The van der Waals surface area contributed by atoms with E-state index in [1.165, 1.54) is 6.08 Å². The Hall–Kier alpha value is -2.34. The Morgan fingerprint density at radius 2 is 1.40 bits per heavy atom. The average Bonchev–Trinajstić information content (AvgIpc) is 2.88. The van der Waals surface area contributed by atoms with Crippen LogP contribution in [0.4, 0.5) is 17.6 Å². The van der Waals surface area contributed by atoms with Gasteiger partial charge in [0, 0.05) is 12.7 Å². The van der Waals surface area contributed by atoms with Crippen LogP contribution >= 0.6 is 0 Å². The number of ether oxygens (including phenoxy) is 2. The van der Waals surface area contributed by atoms with Crippen LogP contribution in [0.1, 0.15) is 81.3 Å². The van der Waals surface area contributed by atoms with Gasteiger partial charge in [0.15, 0.2) is 23.2 Å². The highest BCUT2D eigenvalue weighted by atomic mass is 19.2. The first-order chi connectivity index (χ1) is 16.8. The monoisotopic (exact) mass is 492 g/mol. The molecule has 2 nitrogen and oxygen atoms in total. The maximum atomic E-state index is 15.1. The number of halogens is 4. The predicted molar refractivity (Wildman–Crippen MR) is 131 cm³/mol. The molecule has 2 saturated carbocycles. The van der Waals surface area contributed by atoms with Gasteiger partial charge in [-0.05, 0) is 87.2 Å². The highest BCUT2D eigenvalue weighted by Gasteiger charge is 2.29. The molecule has 1 aromatic rings. The van der Waals surface area contributed by atoms with E-state index in [2.05, 4.69) is 13.2 Å². The van der Waals surface area contributed by atoms with E-state index in [0.29, 0.717) is 24.0 Å². The molecule has 6 heteroatoms. The lowest BCUT2D eigenvalue weighted by Crippen LogP contribution is -2.20. The summed E-state index contributed by atoms with van der Waals surface area (Å²) in [6, 6.07) is 3.52. The predicted octanol–water partition coefficient (Wildman–Crippen LogP) is 8.72. The molecule has 0 atom stereocenters. The zero-order chi connectivity index (χ0) is 25.5. The molecular formula is C29H36F4O2. The van der Waals surface area contributed by atoms with Gasteiger partial charge in [-0.25, -0.2) is 13.2 Å². The minimum Gasteiger partial charge on any atom is -0.491 e. The summed E-state index contributed by atoms with van der Waals surface area (Å²) >= 11 is 0. The smallest absolute Gasteiger partial charge is 0.200 e. The maximum absolute atomic E-state index is 15.1. The average molecular weight is 493 g/mol. The van der Waals surface area contributed by atoms with Crippen LogP contribution in [-0.4, -0.2) is 19.8 Å². The number of benzene rings is 1. The normalized spacial score (nSPS) is 25.9. The Morgan fingerprint density at radius 3 is 1.89 bits per heavy atom. The summed E-state index contributed by atoms with van der Waals surface area (Å²) in [5, 5.41) is 0. The number of methoxy groups -OCH3 is 1. The van der Waals surface area contributed by atoms with Gasteiger partial charge in [0.25, 0.3) is 0 Å². The van der Waals surface area contributed by atoms with Gasteiger partial charge in [-0.2, -0.15) is 4.39 Å².